The molecule has 15 heteroatoms. The fraction of sp³-hybridized carbons (Fsp3) is 0.529. The summed E-state index contributed by atoms with van der Waals surface area (Å²) in [4.78, 5) is 83.6. The van der Waals surface area contributed by atoms with E-state index in [0.29, 0.717) is 6.08 Å². The molecule has 0 atom stereocenters. The van der Waals surface area contributed by atoms with Crippen LogP contribution in [0.1, 0.15) is 54.9 Å². The van der Waals surface area contributed by atoms with E-state index in [4.69, 9.17) is 26.6 Å². The molecular formula is C17H24O13Si2. The summed E-state index contributed by atoms with van der Waals surface area (Å²) in [5, 5.41) is 0. The average Bonchev–Trinajstić information content (AvgIpc) is 2.55. The summed E-state index contributed by atoms with van der Waals surface area (Å²) in [7, 11) is -10.5. The Morgan fingerprint density at radius 3 is 0.969 bits per heavy atom. The summed E-state index contributed by atoms with van der Waals surface area (Å²) in [6.45, 7) is 6.50. The van der Waals surface area contributed by atoms with Crippen molar-refractivity contribution < 1.29 is 60.1 Å². The molecule has 178 valence electrons. The van der Waals surface area contributed by atoms with E-state index in [1.165, 1.54) is 12.9 Å². The highest BCUT2D eigenvalue weighted by Gasteiger charge is 2.87. The molecule has 0 amide bonds. The third-order valence-corrected chi connectivity index (χ3v) is 12.0. The van der Waals surface area contributed by atoms with Crippen LogP contribution < -0.4 is 0 Å². The van der Waals surface area contributed by atoms with Gasteiger partial charge in [-0.2, -0.15) is 0 Å². The van der Waals surface area contributed by atoms with Crippen LogP contribution in [0.5, 0.6) is 0 Å². The topological polar surface area (TPSA) is 175 Å². The zero-order chi connectivity index (χ0) is 25.3. The van der Waals surface area contributed by atoms with E-state index >= 15 is 0 Å². The Morgan fingerprint density at radius 1 is 0.625 bits per heavy atom. The van der Waals surface area contributed by atoms with E-state index in [1.807, 2.05) is 0 Å². The zero-order valence-electron chi connectivity index (χ0n) is 18.6. The number of hydrogen-bond donors (Lipinski definition) is 0. The van der Waals surface area contributed by atoms with E-state index < -0.39 is 64.5 Å². The molecule has 0 aromatic carbocycles. The predicted molar refractivity (Wildman–Crippen MR) is 105 cm³/mol. The lowest BCUT2D eigenvalue weighted by atomic mass is 10.3. The summed E-state index contributed by atoms with van der Waals surface area (Å²) in [5.41, 5.74) is 0. The molecule has 13 nitrogen and oxygen atoms in total. The summed E-state index contributed by atoms with van der Waals surface area (Å²) < 4.78 is 28.6. The molecule has 0 saturated heterocycles. The Kier molecular flexibility index (Phi) is 10.2. The molecule has 0 unspecified atom stereocenters. The van der Waals surface area contributed by atoms with E-state index in [2.05, 4.69) is 0 Å². The van der Waals surface area contributed by atoms with Crippen LogP contribution in [0.4, 0.5) is 0 Å². The normalized spacial score (nSPS) is 11.2. The molecule has 32 heavy (non-hydrogen) atoms. The van der Waals surface area contributed by atoms with Crippen molar-refractivity contribution in [1.82, 2.24) is 0 Å². The van der Waals surface area contributed by atoms with Gasteiger partial charge in [0, 0.05) is 47.6 Å². The summed E-state index contributed by atoms with van der Waals surface area (Å²) in [6.07, 6.45) is 0.0252. The van der Waals surface area contributed by atoms with Crippen molar-refractivity contribution in [3.05, 3.63) is 6.08 Å². The quantitative estimate of drug-likeness (QED) is 0.301. The van der Waals surface area contributed by atoms with Crippen molar-refractivity contribution >= 4 is 59.4 Å². The average molecular weight is 493 g/mol. The summed E-state index contributed by atoms with van der Waals surface area (Å²) in [6, 6.07) is 0. The lowest BCUT2D eigenvalue weighted by molar-refractivity contribution is -0.149. The van der Waals surface area contributed by atoms with Gasteiger partial charge >= 0.3 is 17.6 Å². The van der Waals surface area contributed by atoms with Crippen LogP contribution in [-0.2, 0) is 60.1 Å². The fourth-order valence-corrected chi connectivity index (χ4v) is 10.2. The van der Waals surface area contributed by atoms with E-state index in [0.717, 1.165) is 41.5 Å². The van der Waals surface area contributed by atoms with Crippen molar-refractivity contribution in [3.8, 4) is 0 Å². The Morgan fingerprint density at radius 2 is 0.844 bits per heavy atom. The van der Waals surface area contributed by atoms with E-state index in [9.17, 15) is 33.6 Å². The van der Waals surface area contributed by atoms with Crippen molar-refractivity contribution in [1.29, 1.82) is 0 Å². The minimum atomic E-state index is -5.26. The minimum Gasteiger partial charge on any atom is -0.455 e. The molecule has 0 saturated carbocycles. The monoisotopic (exact) mass is 492 g/mol. The number of rotatable bonds is 10. The first-order chi connectivity index (χ1) is 14.6. The second kappa shape index (κ2) is 11.4. The predicted octanol–water partition coefficient (Wildman–Crippen LogP) is 0.320. The highest BCUT2D eigenvalue weighted by molar-refractivity contribution is 6.89. The molecule has 0 heterocycles. The third kappa shape index (κ3) is 6.60. The molecule has 0 bridgehead atoms. The van der Waals surface area contributed by atoms with Gasteiger partial charge in [-0.3, -0.25) is 28.8 Å². The van der Waals surface area contributed by atoms with Gasteiger partial charge in [0.25, 0.3) is 35.8 Å². The van der Waals surface area contributed by atoms with Gasteiger partial charge < -0.3 is 26.6 Å². The first-order valence-electron chi connectivity index (χ1n) is 9.02. The maximum absolute atomic E-state index is 12.0. The Labute approximate surface area is 185 Å². The van der Waals surface area contributed by atoms with Gasteiger partial charge in [0.1, 0.15) is 5.94 Å². The molecule has 0 radical (unpaired) electrons. The Balaban J connectivity index is 7.85. The molecular weight excluding hydrogens is 468 g/mol. The van der Waals surface area contributed by atoms with Crippen LogP contribution in [0.15, 0.2) is 6.08 Å². The fourth-order valence-electron chi connectivity index (χ4n) is 2.81. The van der Waals surface area contributed by atoms with Gasteiger partial charge in [0.15, 0.2) is 0 Å². The second-order valence-electron chi connectivity index (χ2n) is 6.26. The molecule has 0 N–H and O–H groups in total. The third-order valence-electron chi connectivity index (χ3n) is 3.62. The molecule has 0 aliphatic carbocycles. The van der Waals surface area contributed by atoms with Crippen molar-refractivity contribution in [2.75, 3.05) is 0 Å². The van der Waals surface area contributed by atoms with Crippen LogP contribution in [0.2, 0.25) is 4.66 Å². The van der Waals surface area contributed by atoms with Crippen molar-refractivity contribution in [3.63, 3.8) is 0 Å². The smallest absolute Gasteiger partial charge is 0.455 e. The van der Waals surface area contributed by atoms with Crippen LogP contribution in [-0.4, -0.2) is 59.4 Å². The van der Waals surface area contributed by atoms with E-state index in [1.54, 1.807) is 0 Å². The molecule has 0 spiro atoms. The highest BCUT2D eigenvalue weighted by Crippen LogP contribution is 2.53. The SMILES string of the molecule is CCC(C=C=O)([Si](OC(C)=O)(OC(C)=O)OC(C)=O)[Si](OC(C)=O)(OC(C)=O)OC(C)=O. The van der Waals surface area contributed by atoms with Gasteiger partial charge in [0.05, 0.1) is 0 Å². The molecule has 0 aliphatic heterocycles. The van der Waals surface area contributed by atoms with Gasteiger partial charge in [0.2, 0.25) is 4.66 Å². The summed E-state index contributed by atoms with van der Waals surface area (Å²) >= 11 is 0. The van der Waals surface area contributed by atoms with Gasteiger partial charge in [-0.1, -0.05) is 6.92 Å². The van der Waals surface area contributed by atoms with Gasteiger partial charge in [-0.05, 0) is 6.42 Å². The first kappa shape index (κ1) is 28.7. The maximum Gasteiger partial charge on any atom is 0.725 e. The Hall–Kier alpha value is -3.30. The molecule has 0 aliphatic rings. The van der Waals surface area contributed by atoms with Crippen molar-refractivity contribution in [2.24, 2.45) is 0 Å². The van der Waals surface area contributed by atoms with Gasteiger partial charge in [-0.25, -0.2) is 4.79 Å². The van der Waals surface area contributed by atoms with Crippen LogP contribution >= 0.6 is 0 Å². The Bertz CT molecular complexity index is 706. The lowest BCUT2D eigenvalue weighted by Crippen LogP contribution is -2.72. The maximum atomic E-state index is 12.0. The molecule has 0 rings (SSSR count). The number of hydrogen-bond acceptors (Lipinski definition) is 13. The highest BCUT2D eigenvalue weighted by atomic mass is 28.5. The standard InChI is InChI=1S/C17H24O13Si2/c1-8-17(9-10-18,31(25-11(2)19,26-12(3)20)27-13(4)21)32(28-14(5)22,29-15(6)23)30-16(7)24/h9H,8H2,1-7H3. The lowest BCUT2D eigenvalue weighted by Gasteiger charge is -2.44. The van der Waals surface area contributed by atoms with Crippen molar-refractivity contribution in [2.45, 2.75) is 59.5 Å². The first-order valence-corrected chi connectivity index (χ1v) is 12.5. The largest absolute Gasteiger partial charge is 0.725 e. The number of allylic oxidation sites excluding steroid dienone is 1. The van der Waals surface area contributed by atoms with Crippen LogP contribution in [0.25, 0.3) is 0 Å². The number of carbonyl (C=O) groups excluding carboxylic acids is 7. The van der Waals surface area contributed by atoms with Crippen LogP contribution in [0.3, 0.4) is 0 Å². The minimum absolute atomic E-state index is 0.512. The molecule has 0 aromatic heterocycles. The number of carbonyl (C=O) groups is 6. The van der Waals surface area contributed by atoms with E-state index in [-0.39, 0.29) is 0 Å². The van der Waals surface area contributed by atoms with Gasteiger partial charge in [-0.15, -0.1) is 0 Å². The second-order valence-corrected chi connectivity index (χ2v) is 12.0. The molecule has 0 aromatic rings. The van der Waals surface area contributed by atoms with Crippen LogP contribution in [0, 0.1) is 0 Å². The zero-order valence-corrected chi connectivity index (χ0v) is 20.6. The summed E-state index contributed by atoms with van der Waals surface area (Å²) in [5.74, 6) is -5.52. The molecule has 0 fully saturated rings.